The van der Waals surface area contributed by atoms with Crippen LogP contribution in [-0.2, 0) is 10.2 Å². The lowest BCUT2D eigenvalue weighted by molar-refractivity contribution is -0.119. The average molecular weight is 230 g/mol. The van der Waals surface area contributed by atoms with Crippen molar-refractivity contribution in [2.24, 2.45) is 0 Å². The fourth-order valence-corrected chi connectivity index (χ4v) is 2.51. The molecule has 1 aromatic carbocycles. The lowest BCUT2D eigenvalue weighted by Gasteiger charge is -2.27. The number of hydrogen-bond acceptors (Lipinski definition) is 3. The molecule has 4 nitrogen and oxygen atoms in total. The summed E-state index contributed by atoms with van der Waals surface area (Å²) in [6, 6.07) is 5.72. The summed E-state index contributed by atoms with van der Waals surface area (Å²) >= 11 is 0. The molecule has 2 N–H and O–H groups in total. The number of fused-ring (bicyclic) bond motifs is 2. The Morgan fingerprint density at radius 3 is 3.00 bits per heavy atom. The molecule has 0 bridgehead atoms. The van der Waals surface area contributed by atoms with Gasteiger partial charge in [-0.3, -0.25) is 4.79 Å². The quantitative estimate of drug-likeness (QED) is 0.709. The van der Waals surface area contributed by atoms with Crippen LogP contribution in [0.1, 0.15) is 5.56 Å². The van der Waals surface area contributed by atoms with Crippen molar-refractivity contribution >= 4 is 11.6 Å². The monoisotopic (exact) mass is 230 g/mol. The van der Waals surface area contributed by atoms with Crippen molar-refractivity contribution in [1.82, 2.24) is 5.32 Å². The molecule has 0 aromatic heterocycles. The molecule has 4 heteroatoms. The molecule has 88 valence electrons. The van der Waals surface area contributed by atoms with E-state index in [1.165, 1.54) is 0 Å². The number of methoxy groups -OCH3 is 1. The van der Waals surface area contributed by atoms with Gasteiger partial charge in [-0.25, -0.2) is 0 Å². The van der Waals surface area contributed by atoms with Gasteiger partial charge < -0.3 is 15.4 Å². The number of hydrogen-bond donors (Lipinski definition) is 2. The highest BCUT2D eigenvalue weighted by Crippen LogP contribution is 2.41. The number of nitrogens with one attached hydrogen (secondary N) is 2. The van der Waals surface area contributed by atoms with Gasteiger partial charge in [-0.05, 0) is 11.6 Å². The molecule has 0 saturated carbocycles. The minimum absolute atomic E-state index is 0.0317. The summed E-state index contributed by atoms with van der Waals surface area (Å²) in [5, 5.41) is 6.16. The van der Waals surface area contributed by atoms with E-state index in [-0.39, 0.29) is 5.91 Å². The van der Waals surface area contributed by atoms with Gasteiger partial charge in [0, 0.05) is 24.8 Å². The van der Waals surface area contributed by atoms with E-state index in [9.17, 15) is 4.79 Å². The molecular formula is C13H14N2O2. The highest BCUT2D eigenvalue weighted by Gasteiger charge is 2.45. The molecule has 2 aliphatic heterocycles. The number of carbonyl (C=O) groups excluding carboxylic acids is 1. The smallest absolute Gasteiger partial charge is 0.240 e. The van der Waals surface area contributed by atoms with Crippen LogP contribution in [0.4, 0.5) is 5.69 Å². The summed E-state index contributed by atoms with van der Waals surface area (Å²) in [4.78, 5) is 12.2. The van der Waals surface area contributed by atoms with E-state index in [0.29, 0.717) is 6.54 Å². The summed E-state index contributed by atoms with van der Waals surface area (Å²) in [6.07, 6.45) is 4.00. The Kier molecular flexibility index (Phi) is 2.19. The first-order chi connectivity index (χ1) is 8.26. The second-order valence-corrected chi connectivity index (χ2v) is 4.37. The van der Waals surface area contributed by atoms with Gasteiger partial charge in [0.1, 0.15) is 11.2 Å². The zero-order valence-electron chi connectivity index (χ0n) is 9.62. The van der Waals surface area contributed by atoms with Crippen LogP contribution in [0.5, 0.6) is 5.75 Å². The van der Waals surface area contributed by atoms with Gasteiger partial charge in [0.2, 0.25) is 5.91 Å². The number of ether oxygens (including phenoxy) is 1. The van der Waals surface area contributed by atoms with Crippen LogP contribution in [0.2, 0.25) is 0 Å². The standard InChI is InChI=1S/C13H14N2O2/c1-17-9-3-4-10-11(7-9)15-12(16)13(10)5-2-6-14-8-13/h2-5,7,14H,6,8H2,1H3,(H,15,16)/t13-/m0/s1. The fourth-order valence-electron chi connectivity index (χ4n) is 2.51. The van der Waals surface area contributed by atoms with Crippen LogP contribution in [0.3, 0.4) is 0 Å². The molecule has 1 amide bonds. The lowest BCUT2D eigenvalue weighted by atomic mass is 9.80. The first-order valence-electron chi connectivity index (χ1n) is 5.65. The van der Waals surface area contributed by atoms with E-state index in [1.807, 2.05) is 30.4 Å². The molecule has 17 heavy (non-hydrogen) atoms. The number of benzene rings is 1. The minimum atomic E-state index is -0.542. The molecule has 1 aromatic rings. The predicted molar refractivity (Wildman–Crippen MR) is 65.3 cm³/mol. The summed E-state index contributed by atoms with van der Waals surface area (Å²) in [5.41, 5.74) is 1.33. The van der Waals surface area contributed by atoms with Crippen LogP contribution in [-0.4, -0.2) is 26.1 Å². The zero-order chi connectivity index (χ0) is 11.9. The van der Waals surface area contributed by atoms with Gasteiger partial charge in [-0.2, -0.15) is 0 Å². The third-order valence-electron chi connectivity index (χ3n) is 3.43. The highest BCUT2D eigenvalue weighted by molar-refractivity contribution is 6.08. The normalized spacial score (nSPS) is 25.8. The second kappa shape index (κ2) is 3.60. The number of amides is 1. The number of rotatable bonds is 1. The Balaban J connectivity index is 2.13. The van der Waals surface area contributed by atoms with Gasteiger partial charge in [-0.1, -0.05) is 18.2 Å². The molecule has 0 radical (unpaired) electrons. The summed E-state index contributed by atoms with van der Waals surface area (Å²) in [7, 11) is 1.62. The fraction of sp³-hybridized carbons (Fsp3) is 0.308. The molecule has 0 aliphatic carbocycles. The van der Waals surface area contributed by atoms with Crippen LogP contribution >= 0.6 is 0 Å². The van der Waals surface area contributed by atoms with E-state index < -0.39 is 5.41 Å². The molecule has 0 fully saturated rings. The van der Waals surface area contributed by atoms with Crippen molar-refractivity contribution in [3.8, 4) is 5.75 Å². The van der Waals surface area contributed by atoms with Gasteiger partial charge in [-0.15, -0.1) is 0 Å². The summed E-state index contributed by atoms with van der Waals surface area (Å²) in [6.45, 7) is 1.47. The summed E-state index contributed by atoms with van der Waals surface area (Å²) in [5.74, 6) is 0.790. The van der Waals surface area contributed by atoms with Crippen molar-refractivity contribution in [1.29, 1.82) is 0 Å². The molecular weight excluding hydrogens is 216 g/mol. The lowest BCUT2D eigenvalue weighted by Crippen LogP contribution is -2.44. The largest absolute Gasteiger partial charge is 0.497 e. The van der Waals surface area contributed by atoms with E-state index in [0.717, 1.165) is 23.5 Å². The maximum atomic E-state index is 12.2. The Bertz CT molecular complexity index is 510. The first kappa shape index (κ1) is 10.4. The Hall–Kier alpha value is -1.81. The van der Waals surface area contributed by atoms with Crippen LogP contribution in [0.15, 0.2) is 30.4 Å². The van der Waals surface area contributed by atoms with Gasteiger partial charge in [0.15, 0.2) is 0 Å². The molecule has 1 spiro atoms. The van der Waals surface area contributed by atoms with Crippen LogP contribution in [0.25, 0.3) is 0 Å². The highest BCUT2D eigenvalue weighted by atomic mass is 16.5. The van der Waals surface area contributed by atoms with Crippen molar-refractivity contribution in [2.75, 3.05) is 25.5 Å². The van der Waals surface area contributed by atoms with E-state index >= 15 is 0 Å². The van der Waals surface area contributed by atoms with E-state index in [2.05, 4.69) is 10.6 Å². The Morgan fingerprint density at radius 2 is 2.29 bits per heavy atom. The molecule has 0 saturated heterocycles. The zero-order valence-corrected chi connectivity index (χ0v) is 9.62. The van der Waals surface area contributed by atoms with E-state index in [1.54, 1.807) is 7.11 Å². The third kappa shape index (κ3) is 1.37. The van der Waals surface area contributed by atoms with Gasteiger partial charge in [0.25, 0.3) is 0 Å². The van der Waals surface area contributed by atoms with Crippen molar-refractivity contribution in [2.45, 2.75) is 5.41 Å². The van der Waals surface area contributed by atoms with Crippen molar-refractivity contribution in [3.05, 3.63) is 35.9 Å². The maximum absolute atomic E-state index is 12.2. The topological polar surface area (TPSA) is 50.4 Å². The third-order valence-corrected chi connectivity index (χ3v) is 3.43. The van der Waals surface area contributed by atoms with Crippen LogP contribution < -0.4 is 15.4 Å². The molecule has 2 heterocycles. The second-order valence-electron chi connectivity index (χ2n) is 4.37. The number of anilines is 1. The Morgan fingerprint density at radius 1 is 1.41 bits per heavy atom. The van der Waals surface area contributed by atoms with E-state index in [4.69, 9.17) is 4.74 Å². The first-order valence-corrected chi connectivity index (χ1v) is 5.65. The van der Waals surface area contributed by atoms with Gasteiger partial charge in [0.05, 0.1) is 7.11 Å². The van der Waals surface area contributed by atoms with Crippen LogP contribution in [0, 0.1) is 0 Å². The van der Waals surface area contributed by atoms with Crippen molar-refractivity contribution < 1.29 is 9.53 Å². The minimum Gasteiger partial charge on any atom is -0.497 e. The summed E-state index contributed by atoms with van der Waals surface area (Å²) < 4.78 is 5.17. The van der Waals surface area contributed by atoms with Gasteiger partial charge >= 0.3 is 0 Å². The molecule has 3 rings (SSSR count). The molecule has 1 atom stereocenters. The molecule has 2 aliphatic rings. The predicted octanol–water partition coefficient (Wildman–Crippen LogP) is 1.04. The number of carbonyl (C=O) groups is 1. The average Bonchev–Trinajstić information content (AvgIpc) is 2.63. The SMILES string of the molecule is COc1ccc2c(c1)NC(=O)[C@]21C=CCNC1. The van der Waals surface area contributed by atoms with Crippen molar-refractivity contribution in [3.63, 3.8) is 0 Å². The molecule has 0 unspecified atom stereocenters. The maximum Gasteiger partial charge on any atom is 0.240 e. The Labute approximate surface area is 99.7 Å².